The van der Waals surface area contributed by atoms with Gasteiger partial charge in [-0.25, -0.2) is 4.79 Å². The van der Waals surface area contributed by atoms with Crippen LogP contribution < -0.4 is 16.0 Å². The highest BCUT2D eigenvalue weighted by Crippen LogP contribution is 2.28. The van der Waals surface area contributed by atoms with E-state index >= 15 is 0 Å². The first kappa shape index (κ1) is 18.6. The van der Waals surface area contributed by atoms with Crippen molar-refractivity contribution in [2.75, 3.05) is 19.7 Å². The lowest BCUT2D eigenvalue weighted by Gasteiger charge is -2.19. The molecule has 0 radical (unpaired) electrons. The highest BCUT2D eigenvalue weighted by Gasteiger charge is 2.33. The molecule has 1 aliphatic carbocycles. The zero-order valence-electron chi connectivity index (χ0n) is 14.6. The summed E-state index contributed by atoms with van der Waals surface area (Å²) in [6.45, 7) is 12.1. The van der Waals surface area contributed by atoms with Gasteiger partial charge in [-0.2, -0.15) is 0 Å². The minimum Gasteiger partial charge on any atom is -0.450 e. The lowest BCUT2D eigenvalue weighted by molar-refractivity contribution is 0.147. The van der Waals surface area contributed by atoms with E-state index in [0.717, 1.165) is 18.9 Å². The molecule has 0 heterocycles. The second-order valence-electron chi connectivity index (χ2n) is 6.37. The molecule has 1 saturated carbocycles. The van der Waals surface area contributed by atoms with Crippen molar-refractivity contribution >= 4 is 12.1 Å². The maximum atomic E-state index is 11.6. The molecule has 0 spiro atoms. The second-order valence-corrected chi connectivity index (χ2v) is 6.37. The first-order chi connectivity index (χ1) is 10.5. The summed E-state index contributed by atoms with van der Waals surface area (Å²) in [5, 5.41) is 9.58. The lowest BCUT2D eigenvalue weighted by atomic mass is 10.0. The first-order valence-corrected chi connectivity index (χ1v) is 8.44. The van der Waals surface area contributed by atoms with Crippen molar-refractivity contribution in [1.29, 1.82) is 0 Å². The monoisotopic (exact) mass is 312 g/mol. The van der Waals surface area contributed by atoms with Crippen molar-refractivity contribution in [1.82, 2.24) is 16.0 Å². The molecule has 6 heteroatoms. The van der Waals surface area contributed by atoms with Gasteiger partial charge in [0, 0.05) is 12.6 Å². The number of carbonyl (C=O) groups is 1. The molecule has 3 atom stereocenters. The Labute approximate surface area is 134 Å². The summed E-state index contributed by atoms with van der Waals surface area (Å²) in [6.07, 6.45) is 1.71. The number of alkyl carbamates (subject to hydrolysis) is 1. The standard InChI is InChI=1S/C16H32N4O2/c1-6-17-15(20-14-9-12(14)5)18-10-13(8-11(3)4)19-16(21)22-7-2/h11-14H,6-10H2,1-5H3,(H,19,21)(H2,17,18,20). The van der Waals surface area contributed by atoms with Crippen LogP contribution in [-0.2, 0) is 4.74 Å². The predicted molar refractivity (Wildman–Crippen MR) is 90.1 cm³/mol. The van der Waals surface area contributed by atoms with Gasteiger partial charge in [0.05, 0.1) is 19.2 Å². The maximum Gasteiger partial charge on any atom is 0.407 e. The van der Waals surface area contributed by atoms with Crippen molar-refractivity contribution in [3.05, 3.63) is 0 Å². The van der Waals surface area contributed by atoms with Gasteiger partial charge in [-0.15, -0.1) is 0 Å². The number of amides is 1. The quantitative estimate of drug-likeness (QED) is 0.474. The van der Waals surface area contributed by atoms with Crippen molar-refractivity contribution in [2.45, 2.75) is 59.5 Å². The van der Waals surface area contributed by atoms with Gasteiger partial charge < -0.3 is 20.7 Å². The summed E-state index contributed by atoms with van der Waals surface area (Å²) in [5.74, 6) is 2.03. The van der Waals surface area contributed by atoms with Gasteiger partial charge in [-0.3, -0.25) is 4.99 Å². The summed E-state index contributed by atoms with van der Waals surface area (Å²) in [5.41, 5.74) is 0. The topological polar surface area (TPSA) is 74.8 Å². The fourth-order valence-electron chi connectivity index (χ4n) is 2.31. The van der Waals surface area contributed by atoms with Gasteiger partial charge in [-0.1, -0.05) is 20.8 Å². The Hall–Kier alpha value is -1.46. The Morgan fingerprint density at radius 2 is 2.05 bits per heavy atom. The summed E-state index contributed by atoms with van der Waals surface area (Å²) in [4.78, 5) is 16.2. The Bertz CT molecular complexity index is 371. The van der Waals surface area contributed by atoms with E-state index in [4.69, 9.17) is 4.74 Å². The van der Waals surface area contributed by atoms with Gasteiger partial charge in [0.1, 0.15) is 0 Å². The molecule has 128 valence electrons. The van der Waals surface area contributed by atoms with Crippen LogP contribution in [-0.4, -0.2) is 43.8 Å². The minimum absolute atomic E-state index is 0.00821. The number of nitrogens with one attached hydrogen (secondary N) is 3. The molecule has 1 aliphatic rings. The normalized spacial score (nSPS) is 22.2. The van der Waals surface area contributed by atoms with Crippen molar-refractivity contribution in [2.24, 2.45) is 16.8 Å². The molecule has 0 aromatic rings. The van der Waals surface area contributed by atoms with Gasteiger partial charge in [0.25, 0.3) is 0 Å². The molecule has 3 N–H and O–H groups in total. The van der Waals surface area contributed by atoms with Crippen molar-refractivity contribution in [3.8, 4) is 0 Å². The fraction of sp³-hybridized carbons (Fsp3) is 0.875. The molecule has 22 heavy (non-hydrogen) atoms. The molecule has 0 aromatic heterocycles. The van der Waals surface area contributed by atoms with Crippen LogP contribution in [0, 0.1) is 11.8 Å². The van der Waals surface area contributed by atoms with Gasteiger partial charge in [-0.05, 0) is 38.5 Å². The Morgan fingerprint density at radius 3 is 2.55 bits per heavy atom. The van der Waals surface area contributed by atoms with Crippen LogP contribution in [0.3, 0.4) is 0 Å². The molecule has 0 aliphatic heterocycles. The van der Waals surface area contributed by atoms with Crippen molar-refractivity contribution in [3.63, 3.8) is 0 Å². The summed E-state index contributed by atoms with van der Waals surface area (Å²) in [7, 11) is 0. The van der Waals surface area contributed by atoms with E-state index in [1.165, 1.54) is 6.42 Å². The maximum absolute atomic E-state index is 11.6. The SMILES string of the molecule is CCNC(=NCC(CC(C)C)NC(=O)OCC)NC1CC1C. The molecule has 3 unspecified atom stereocenters. The van der Waals surface area contributed by atoms with Crippen LogP contribution in [0.5, 0.6) is 0 Å². The van der Waals surface area contributed by atoms with E-state index in [2.05, 4.69) is 48.6 Å². The smallest absolute Gasteiger partial charge is 0.407 e. The van der Waals surface area contributed by atoms with E-state index in [0.29, 0.717) is 31.0 Å². The van der Waals surface area contributed by atoms with Crippen LogP contribution in [0.15, 0.2) is 4.99 Å². The van der Waals surface area contributed by atoms with Gasteiger partial charge >= 0.3 is 6.09 Å². The van der Waals surface area contributed by atoms with E-state index in [1.54, 1.807) is 6.92 Å². The highest BCUT2D eigenvalue weighted by atomic mass is 16.5. The number of guanidine groups is 1. The molecule has 1 amide bonds. The number of aliphatic imine (C=N–C) groups is 1. The number of hydrogen-bond donors (Lipinski definition) is 3. The highest BCUT2D eigenvalue weighted by molar-refractivity contribution is 5.80. The Balaban J connectivity index is 2.55. The predicted octanol–water partition coefficient (Wildman–Crippen LogP) is 2.11. The minimum atomic E-state index is -0.364. The average Bonchev–Trinajstić information content (AvgIpc) is 3.11. The zero-order valence-corrected chi connectivity index (χ0v) is 14.6. The molecule has 1 fully saturated rings. The Kier molecular flexibility index (Phi) is 8.06. The van der Waals surface area contributed by atoms with Crippen molar-refractivity contribution < 1.29 is 9.53 Å². The van der Waals surface area contributed by atoms with E-state index < -0.39 is 0 Å². The summed E-state index contributed by atoms with van der Waals surface area (Å²) < 4.78 is 4.97. The Morgan fingerprint density at radius 1 is 1.36 bits per heavy atom. The van der Waals surface area contributed by atoms with Crippen LogP contribution in [0.2, 0.25) is 0 Å². The third kappa shape index (κ3) is 7.52. The average molecular weight is 312 g/mol. The number of carbonyl (C=O) groups excluding carboxylic acids is 1. The molecular formula is C16H32N4O2. The van der Waals surface area contributed by atoms with E-state index in [1.807, 2.05) is 0 Å². The van der Waals surface area contributed by atoms with E-state index in [-0.39, 0.29) is 12.1 Å². The van der Waals surface area contributed by atoms with Crippen LogP contribution in [0.4, 0.5) is 4.79 Å². The van der Waals surface area contributed by atoms with Crippen LogP contribution in [0.25, 0.3) is 0 Å². The largest absolute Gasteiger partial charge is 0.450 e. The van der Waals surface area contributed by atoms with E-state index in [9.17, 15) is 4.79 Å². The van der Waals surface area contributed by atoms with Gasteiger partial charge in [0.15, 0.2) is 5.96 Å². The second kappa shape index (κ2) is 9.54. The van der Waals surface area contributed by atoms with Crippen LogP contribution in [0.1, 0.15) is 47.5 Å². The lowest BCUT2D eigenvalue weighted by Crippen LogP contribution is -2.42. The molecule has 0 aromatic carbocycles. The number of ether oxygens (including phenoxy) is 1. The summed E-state index contributed by atoms with van der Waals surface area (Å²) in [6, 6.07) is 0.519. The molecule has 0 saturated heterocycles. The third-order valence-corrected chi connectivity index (χ3v) is 3.60. The first-order valence-electron chi connectivity index (χ1n) is 8.44. The third-order valence-electron chi connectivity index (χ3n) is 3.60. The zero-order chi connectivity index (χ0) is 16.5. The number of nitrogens with zero attached hydrogens (tertiary/aromatic N) is 1. The molecule has 0 bridgehead atoms. The number of rotatable bonds is 8. The number of hydrogen-bond acceptors (Lipinski definition) is 3. The molecule has 6 nitrogen and oxygen atoms in total. The van der Waals surface area contributed by atoms with Crippen LogP contribution >= 0.6 is 0 Å². The van der Waals surface area contributed by atoms with Gasteiger partial charge in [0.2, 0.25) is 0 Å². The fourth-order valence-corrected chi connectivity index (χ4v) is 2.31. The molecular weight excluding hydrogens is 280 g/mol. The molecule has 1 rings (SSSR count). The summed E-state index contributed by atoms with van der Waals surface area (Å²) >= 11 is 0.